The maximum Gasteiger partial charge on any atom is 0.417 e. The molecule has 1 aromatic carbocycles. The van der Waals surface area contributed by atoms with Crippen molar-refractivity contribution in [1.82, 2.24) is 9.88 Å². The average molecular weight is 432 g/mol. The van der Waals surface area contributed by atoms with Gasteiger partial charge in [0.2, 0.25) is 0 Å². The van der Waals surface area contributed by atoms with Crippen LogP contribution in [0.25, 0.3) is 0 Å². The van der Waals surface area contributed by atoms with E-state index in [0.29, 0.717) is 55.6 Å². The first-order valence-corrected chi connectivity index (χ1v) is 9.24. The molecule has 1 aliphatic heterocycles. The molecule has 0 atom stereocenters. The summed E-state index contributed by atoms with van der Waals surface area (Å²) in [7, 11) is 3.02. The zero-order valence-electron chi connectivity index (χ0n) is 16.0. The molecule has 29 heavy (non-hydrogen) atoms. The molecule has 0 radical (unpaired) electrons. The fourth-order valence-corrected chi connectivity index (χ4v) is 3.50. The molecule has 10 heteroatoms. The molecule has 1 fully saturated rings. The Kier molecular flexibility index (Phi) is 6.28. The number of phenolic OH excluding ortho intramolecular Hbond substituents is 1. The molecule has 2 aromatic rings. The molecule has 2 heterocycles. The lowest BCUT2D eigenvalue weighted by Crippen LogP contribution is -2.46. The van der Waals surface area contributed by atoms with Gasteiger partial charge in [-0.2, -0.15) is 13.2 Å². The monoisotopic (exact) mass is 431 g/mol. The van der Waals surface area contributed by atoms with Crippen LogP contribution in [0.4, 0.5) is 19.0 Å². The van der Waals surface area contributed by atoms with Crippen LogP contribution in [0.5, 0.6) is 17.2 Å². The van der Waals surface area contributed by atoms with Gasteiger partial charge in [0, 0.05) is 50.6 Å². The van der Waals surface area contributed by atoms with Crippen molar-refractivity contribution in [3.63, 3.8) is 0 Å². The van der Waals surface area contributed by atoms with Crippen molar-refractivity contribution in [2.75, 3.05) is 45.3 Å². The quantitative estimate of drug-likeness (QED) is 0.777. The van der Waals surface area contributed by atoms with Gasteiger partial charge in [0.1, 0.15) is 11.6 Å². The molecule has 0 bridgehead atoms. The van der Waals surface area contributed by atoms with E-state index in [-0.39, 0.29) is 10.8 Å². The van der Waals surface area contributed by atoms with Crippen molar-refractivity contribution >= 4 is 17.4 Å². The number of phenols is 1. The standard InChI is InChI=1S/C19H21ClF3N3O3/c1-28-16-7-12(15(27)9-17(16)29-2)11-25-3-5-26(6-4-25)18-14(20)8-13(10-24-18)19(21,22)23/h7-10,27H,3-6,11H2,1-2H3. The van der Waals surface area contributed by atoms with Gasteiger partial charge in [-0.1, -0.05) is 11.6 Å². The average Bonchev–Trinajstić information content (AvgIpc) is 2.69. The fourth-order valence-electron chi connectivity index (χ4n) is 3.21. The molecule has 0 unspecified atom stereocenters. The molecule has 0 amide bonds. The Hall–Kier alpha value is -2.39. The summed E-state index contributed by atoms with van der Waals surface area (Å²) < 4.78 is 48.8. The number of alkyl halides is 3. The van der Waals surface area contributed by atoms with Gasteiger partial charge in [0.05, 0.1) is 24.8 Å². The van der Waals surface area contributed by atoms with Gasteiger partial charge in [0.25, 0.3) is 0 Å². The van der Waals surface area contributed by atoms with E-state index >= 15 is 0 Å². The van der Waals surface area contributed by atoms with Crippen LogP contribution in [0.2, 0.25) is 5.02 Å². The number of piperazine rings is 1. The number of aromatic hydroxyl groups is 1. The topological polar surface area (TPSA) is 58.1 Å². The van der Waals surface area contributed by atoms with E-state index in [0.717, 1.165) is 12.3 Å². The van der Waals surface area contributed by atoms with Crippen LogP contribution in [-0.2, 0) is 12.7 Å². The van der Waals surface area contributed by atoms with Gasteiger partial charge in [-0.3, -0.25) is 4.90 Å². The number of pyridine rings is 1. The highest BCUT2D eigenvalue weighted by atomic mass is 35.5. The number of nitrogens with zero attached hydrogens (tertiary/aromatic N) is 3. The Morgan fingerprint density at radius 3 is 2.24 bits per heavy atom. The van der Waals surface area contributed by atoms with Crippen LogP contribution in [0.1, 0.15) is 11.1 Å². The van der Waals surface area contributed by atoms with Crippen molar-refractivity contribution < 1.29 is 27.8 Å². The fraction of sp³-hybridized carbons (Fsp3) is 0.421. The van der Waals surface area contributed by atoms with Crippen LogP contribution < -0.4 is 14.4 Å². The SMILES string of the molecule is COc1cc(O)c(CN2CCN(c3ncc(C(F)(F)F)cc3Cl)CC2)cc1OC. The molecule has 3 rings (SSSR count). The van der Waals surface area contributed by atoms with E-state index in [1.807, 2.05) is 4.90 Å². The number of hydrogen-bond donors (Lipinski definition) is 1. The molecular weight excluding hydrogens is 411 g/mol. The molecule has 1 aliphatic rings. The Morgan fingerprint density at radius 1 is 1.07 bits per heavy atom. The van der Waals surface area contributed by atoms with Crippen LogP contribution in [-0.4, -0.2) is 55.4 Å². The molecule has 6 nitrogen and oxygen atoms in total. The zero-order chi connectivity index (χ0) is 21.2. The lowest BCUT2D eigenvalue weighted by atomic mass is 10.1. The first kappa shape index (κ1) is 21.3. The Morgan fingerprint density at radius 2 is 1.69 bits per heavy atom. The molecular formula is C19H21ClF3N3O3. The Labute approximate surface area is 171 Å². The Bertz CT molecular complexity index is 872. The summed E-state index contributed by atoms with van der Waals surface area (Å²) in [5.41, 5.74) is -0.171. The van der Waals surface area contributed by atoms with Crippen molar-refractivity contribution in [2.24, 2.45) is 0 Å². The summed E-state index contributed by atoms with van der Waals surface area (Å²) in [6.45, 7) is 2.85. The second-order valence-corrected chi connectivity index (χ2v) is 7.03. The van der Waals surface area contributed by atoms with Crippen LogP contribution in [0.3, 0.4) is 0 Å². The van der Waals surface area contributed by atoms with E-state index in [9.17, 15) is 18.3 Å². The smallest absolute Gasteiger partial charge is 0.417 e. The minimum atomic E-state index is -4.48. The third kappa shape index (κ3) is 4.79. The molecule has 0 saturated carbocycles. The molecule has 1 aromatic heterocycles. The first-order valence-electron chi connectivity index (χ1n) is 8.87. The summed E-state index contributed by atoms with van der Waals surface area (Å²) in [5, 5.41) is 10.2. The van der Waals surface area contributed by atoms with Gasteiger partial charge >= 0.3 is 6.18 Å². The van der Waals surface area contributed by atoms with Crippen LogP contribution in [0, 0.1) is 0 Å². The number of methoxy groups -OCH3 is 2. The summed E-state index contributed by atoms with van der Waals surface area (Å²) in [5.74, 6) is 1.42. The van der Waals surface area contributed by atoms with Gasteiger partial charge in [-0.15, -0.1) is 0 Å². The number of aromatic nitrogens is 1. The minimum absolute atomic E-state index is 0.0224. The highest BCUT2D eigenvalue weighted by Crippen LogP contribution is 2.36. The van der Waals surface area contributed by atoms with E-state index in [2.05, 4.69) is 9.88 Å². The predicted octanol–water partition coefficient (Wildman–Crippen LogP) is 3.80. The van der Waals surface area contributed by atoms with Gasteiger partial charge < -0.3 is 19.5 Å². The van der Waals surface area contributed by atoms with Crippen LogP contribution in [0.15, 0.2) is 24.4 Å². The maximum atomic E-state index is 12.8. The molecule has 158 valence electrons. The number of rotatable bonds is 5. The van der Waals surface area contributed by atoms with E-state index < -0.39 is 11.7 Å². The number of benzene rings is 1. The maximum absolute atomic E-state index is 12.8. The summed E-state index contributed by atoms with van der Waals surface area (Å²) in [6, 6.07) is 4.14. The number of ether oxygens (including phenoxy) is 2. The van der Waals surface area contributed by atoms with Crippen molar-refractivity contribution in [1.29, 1.82) is 0 Å². The van der Waals surface area contributed by atoms with Crippen molar-refractivity contribution in [3.05, 3.63) is 40.5 Å². The zero-order valence-corrected chi connectivity index (χ0v) is 16.7. The van der Waals surface area contributed by atoms with E-state index in [1.54, 1.807) is 6.07 Å². The lowest BCUT2D eigenvalue weighted by molar-refractivity contribution is -0.137. The van der Waals surface area contributed by atoms with Gasteiger partial charge in [-0.05, 0) is 12.1 Å². The summed E-state index contributed by atoms with van der Waals surface area (Å²) >= 11 is 6.04. The van der Waals surface area contributed by atoms with E-state index in [4.69, 9.17) is 21.1 Å². The molecule has 1 saturated heterocycles. The lowest BCUT2D eigenvalue weighted by Gasteiger charge is -2.36. The van der Waals surface area contributed by atoms with Gasteiger partial charge in [0.15, 0.2) is 11.5 Å². The molecule has 0 spiro atoms. The second-order valence-electron chi connectivity index (χ2n) is 6.63. The van der Waals surface area contributed by atoms with Crippen LogP contribution >= 0.6 is 11.6 Å². The number of halogens is 4. The summed E-state index contributed by atoms with van der Waals surface area (Å²) in [4.78, 5) is 7.89. The highest BCUT2D eigenvalue weighted by molar-refractivity contribution is 6.33. The van der Waals surface area contributed by atoms with Crippen molar-refractivity contribution in [2.45, 2.75) is 12.7 Å². The number of anilines is 1. The summed E-state index contributed by atoms with van der Waals surface area (Å²) in [6.07, 6.45) is -3.68. The molecule has 1 N–H and O–H groups in total. The highest BCUT2D eigenvalue weighted by Gasteiger charge is 2.32. The third-order valence-electron chi connectivity index (χ3n) is 4.80. The minimum Gasteiger partial charge on any atom is -0.507 e. The number of hydrogen-bond acceptors (Lipinski definition) is 6. The first-order chi connectivity index (χ1) is 13.7. The van der Waals surface area contributed by atoms with Gasteiger partial charge in [-0.25, -0.2) is 4.98 Å². The second kappa shape index (κ2) is 8.54. The third-order valence-corrected chi connectivity index (χ3v) is 5.08. The largest absolute Gasteiger partial charge is 0.507 e. The van der Waals surface area contributed by atoms with Crippen molar-refractivity contribution in [3.8, 4) is 17.2 Å². The van der Waals surface area contributed by atoms with E-state index in [1.165, 1.54) is 20.3 Å². The Balaban J connectivity index is 1.66. The normalized spacial score (nSPS) is 15.4. The predicted molar refractivity (Wildman–Crippen MR) is 103 cm³/mol. The molecule has 0 aliphatic carbocycles.